The highest BCUT2D eigenvalue weighted by Gasteiger charge is 2.22. The molecule has 0 aliphatic carbocycles. The van der Waals surface area contributed by atoms with Crippen LogP contribution in [0.1, 0.15) is 33.4 Å². The molecule has 9 heteroatoms. The largest absolute Gasteiger partial charge is 0.325 e. The molecule has 0 saturated carbocycles. The summed E-state index contributed by atoms with van der Waals surface area (Å²) in [4.78, 5) is 11.1. The van der Waals surface area contributed by atoms with E-state index in [1.165, 1.54) is 29.8 Å². The van der Waals surface area contributed by atoms with E-state index in [1.807, 2.05) is 20.8 Å². The number of anilines is 2. The highest BCUT2D eigenvalue weighted by atomic mass is 35.5. The highest BCUT2D eigenvalue weighted by molar-refractivity contribution is 7.92. The van der Waals surface area contributed by atoms with Gasteiger partial charge in [0.05, 0.1) is 21.3 Å². The van der Waals surface area contributed by atoms with Gasteiger partial charge in [0.2, 0.25) is 5.91 Å². The monoisotopic (exact) mass is 384 g/mol. The first-order valence-electron chi connectivity index (χ1n) is 7.54. The fourth-order valence-corrected chi connectivity index (χ4v) is 3.48. The zero-order valence-corrected chi connectivity index (χ0v) is 16.3. The third-order valence-corrected chi connectivity index (χ3v) is 5.11. The number of hydrogen-bond acceptors (Lipinski definition) is 4. The average Bonchev–Trinajstić information content (AvgIpc) is 2.81. The van der Waals surface area contributed by atoms with Crippen LogP contribution in [-0.2, 0) is 27.3 Å². The van der Waals surface area contributed by atoms with Crippen LogP contribution in [0.2, 0.25) is 5.02 Å². The lowest BCUT2D eigenvalue weighted by atomic mass is 9.92. The first kappa shape index (κ1) is 19.3. The van der Waals surface area contributed by atoms with Crippen LogP contribution in [0, 0.1) is 0 Å². The van der Waals surface area contributed by atoms with Crippen molar-refractivity contribution in [2.24, 2.45) is 7.05 Å². The summed E-state index contributed by atoms with van der Waals surface area (Å²) in [6, 6.07) is 5.81. The summed E-state index contributed by atoms with van der Waals surface area (Å²) in [5.41, 5.74) is 0.917. The van der Waals surface area contributed by atoms with Crippen molar-refractivity contribution in [3.63, 3.8) is 0 Å². The predicted molar refractivity (Wildman–Crippen MR) is 98.5 cm³/mol. The van der Waals surface area contributed by atoms with Gasteiger partial charge in [-0.1, -0.05) is 32.4 Å². The number of rotatable bonds is 4. The Morgan fingerprint density at radius 1 is 1.24 bits per heavy atom. The molecule has 1 amide bonds. The van der Waals surface area contributed by atoms with Gasteiger partial charge in [-0.25, -0.2) is 8.42 Å². The summed E-state index contributed by atoms with van der Waals surface area (Å²) in [7, 11) is -2.18. The smallest absolute Gasteiger partial charge is 0.263 e. The number of amides is 1. The van der Waals surface area contributed by atoms with Gasteiger partial charge in [-0.2, -0.15) is 5.10 Å². The van der Waals surface area contributed by atoms with Crippen molar-refractivity contribution in [1.82, 2.24) is 9.78 Å². The van der Waals surface area contributed by atoms with Gasteiger partial charge in [0.25, 0.3) is 10.0 Å². The Morgan fingerprint density at radius 3 is 2.36 bits per heavy atom. The van der Waals surface area contributed by atoms with Gasteiger partial charge >= 0.3 is 0 Å². The number of sulfonamides is 1. The van der Waals surface area contributed by atoms with E-state index in [0.717, 1.165) is 5.69 Å². The molecule has 1 heterocycles. The summed E-state index contributed by atoms with van der Waals surface area (Å²) in [6.07, 6.45) is 0. The van der Waals surface area contributed by atoms with E-state index >= 15 is 0 Å². The predicted octanol–water partition coefficient (Wildman–Crippen LogP) is 3.13. The molecular weight excluding hydrogens is 364 g/mol. The molecule has 136 valence electrons. The lowest BCUT2D eigenvalue weighted by molar-refractivity contribution is -0.114. The molecule has 1 aromatic carbocycles. The Hall–Kier alpha value is -2.06. The van der Waals surface area contributed by atoms with Crippen LogP contribution in [0.15, 0.2) is 29.2 Å². The standard InChI is InChI=1S/C16H21ClN4O3S/c1-10(22)18-13-7-6-11(8-12(13)17)25(23,24)20-15-9-14(16(2,3)4)19-21(15)5/h6-9,20H,1-5H3,(H,18,22). The summed E-state index contributed by atoms with van der Waals surface area (Å²) in [5.74, 6) is 0.0622. The molecule has 0 fully saturated rings. The molecule has 0 spiro atoms. The van der Waals surface area contributed by atoms with Gasteiger partial charge in [-0.15, -0.1) is 0 Å². The van der Waals surface area contributed by atoms with E-state index in [0.29, 0.717) is 11.5 Å². The molecule has 0 saturated heterocycles. The molecule has 0 atom stereocenters. The van der Waals surface area contributed by atoms with Crippen molar-refractivity contribution >= 4 is 39.0 Å². The molecule has 1 aromatic heterocycles. The second-order valence-corrected chi connectivity index (χ2v) is 8.81. The SMILES string of the molecule is CC(=O)Nc1ccc(S(=O)(=O)Nc2cc(C(C)(C)C)nn2C)cc1Cl. The second-order valence-electron chi connectivity index (χ2n) is 6.72. The normalized spacial score (nSPS) is 12.1. The Balaban J connectivity index is 2.32. The van der Waals surface area contributed by atoms with Crippen molar-refractivity contribution in [1.29, 1.82) is 0 Å². The quantitative estimate of drug-likeness (QED) is 0.846. The molecule has 0 aliphatic rings. The van der Waals surface area contributed by atoms with Crippen LogP contribution in [0.3, 0.4) is 0 Å². The molecule has 0 aliphatic heterocycles. The van der Waals surface area contributed by atoms with Gasteiger partial charge in [-0.05, 0) is 18.2 Å². The minimum Gasteiger partial charge on any atom is -0.325 e. The van der Waals surface area contributed by atoms with E-state index in [4.69, 9.17) is 11.6 Å². The van der Waals surface area contributed by atoms with Gasteiger partial charge in [-0.3, -0.25) is 14.2 Å². The van der Waals surface area contributed by atoms with Crippen molar-refractivity contribution < 1.29 is 13.2 Å². The molecular formula is C16H21ClN4O3S. The third kappa shape index (κ3) is 4.52. The topological polar surface area (TPSA) is 93.1 Å². The molecule has 25 heavy (non-hydrogen) atoms. The number of hydrogen-bond donors (Lipinski definition) is 2. The molecule has 0 unspecified atom stereocenters. The van der Waals surface area contributed by atoms with E-state index in [2.05, 4.69) is 15.1 Å². The third-order valence-electron chi connectivity index (χ3n) is 3.45. The van der Waals surface area contributed by atoms with Crippen molar-refractivity contribution in [3.05, 3.63) is 35.0 Å². The molecule has 2 aromatic rings. The van der Waals surface area contributed by atoms with E-state index in [1.54, 1.807) is 13.1 Å². The fraction of sp³-hybridized carbons (Fsp3) is 0.375. The average molecular weight is 385 g/mol. The maximum atomic E-state index is 12.6. The van der Waals surface area contributed by atoms with Crippen LogP contribution >= 0.6 is 11.6 Å². The first-order valence-corrected chi connectivity index (χ1v) is 9.41. The summed E-state index contributed by atoms with van der Waals surface area (Å²) in [5, 5.41) is 7.01. The minimum absolute atomic E-state index is 0.00916. The molecule has 7 nitrogen and oxygen atoms in total. The lowest BCUT2D eigenvalue weighted by Gasteiger charge is -2.13. The summed E-state index contributed by atoms with van der Waals surface area (Å²) < 4.78 is 29.2. The van der Waals surface area contributed by atoms with Crippen LogP contribution < -0.4 is 10.0 Å². The van der Waals surface area contributed by atoms with Gasteiger partial charge < -0.3 is 5.32 Å². The van der Waals surface area contributed by atoms with Gasteiger partial charge in [0, 0.05) is 25.5 Å². The Labute approximate surface area is 152 Å². The number of benzene rings is 1. The van der Waals surface area contributed by atoms with Crippen molar-refractivity contribution in [2.75, 3.05) is 10.0 Å². The van der Waals surface area contributed by atoms with Crippen LogP contribution in [0.4, 0.5) is 11.5 Å². The number of halogens is 1. The van der Waals surface area contributed by atoms with Gasteiger partial charge in [0.1, 0.15) is 5.82 Å². The molecule has 0 bridgehead atoms. The zero-order valence-electron chi connectivity index (χ0n) is 14.7. The van der Waals surface area contributed by atoms with E-state index < -0.39 is 10.0 Å². The summed E-state index contributed by atoms with van der Waals surface area (Å²) >= 11 is 6.05. The number of aromatic nitrogens is 2. The molecule has 0 radical (unpaired) electrons. The van der Waals surface area contributed by atoms with Gasteiger partial charge in [0.15, 0.2) is 0 Å². The number of nitrogens with zero attached hydrogens (tertiary/aromatic N) is 2. The highest BCUT2D eigenvalue weighted by Crippen LogP contribution is 2.28. The second kappa shape index (κ2) is 6.68. The van der Waals surface area contributed by atoms with E-state index in [-0.39, 0.29) is 21.2 Å². The number of nitrogens with one attached hydrogen (secondary N) is 2. The number of aryl methyl sites for hydroxylation is 1. The summed E-state index contributed by atoms with van der Waals surface area (Å²) in [6.45, 7) is 7.33. The minimum atomic E-state index is -3.84. The number of carbonyl (C=O) groups is 1. The zero-order chi connectivity index (χ0) is 19.0. The molecule has 2 N–H and O–H groups in total. The maximum Gasteiger partial charge on any atom is 0.263 e. The first-order chi connectivity index (χ1) is 11.4. The fourth-order valence-electron chi connectivity index (χ4n) is 2.08. The maximum absolute atomic E-state index is 12.6. The Kier molecular flexibility index (Phi) is 5.15. The van der Waals surface area contributed by atoms with E-state index in [9.17, 15) is 13.2 Å². The van der Waals surface area contributed by atoms with Crippen LogP contribution in [-0.4, -0.2) is 24.1 Å². The van der Waals surface area contributed by atoms with Crippen LogP contribution in [0.5, 0.6) is 0 Å². The van der Waals surface area contributed by atoms with Crippen molar-refractivity contribution in [2.45, 2.75) is 38.0 Å². The molecule has 2 rings (SSSR count). The number of carbonyl (C=O) groups excluding carboxylic acids is 1. The van der Waals surface area contributed by atoms with Crippen molar-refractivity contribution in [3.8, 4) is 0 Å². The lowest BCUT2D eigenvalue weighted by Crippen LogP contribution is -2.15. The van der Waals surface area contributed by atoms with Crippen LogP contribution in [0.25, 0.3) is 0 Å². The Bertz CT molecular complexity index is 914. The Morgan fingerprint density at radius 2 is 1.88 bits per heavy atom.